The van der Waals surface area contributed by atoms with Crippen LogP contribution < -0.4 is 9.47 Å². The summed E-state index contributed by atoms with van der Waals surface area (Å²) in [7, 11) is 0. The number of hydrogen-bond acceptors (Lipinski definition) is 5. The predicted octanol–water partition coefficient (Wildman–Crippen LogP) is 4.35. The highest BCUT2D eigenvalue weighted by molar-refractivity contribution is 7.71. The number of nitrogens with zero attached hydrogens (tertiary/aromatic N) is 3. The molecule has 2 rings (SSSR count). The summed E-state index contributed by atoms with van der Waals surface area (Å²) in [5.41, 5.74) is 0.912. The maximum atomic E-state index is 5.85. The molecule has 1 heterocycles. The predicted molar refractivity (Wildman–Crippen MR) is 102 cm³/mol. The number of unbranched alkanes of at least 4 members (excludes halogenated alkanes) is 2. The lowest BCUT2D eigenvalue weighted by molar-refractivity contribution is 0.271. The zero-order chi connectivity index (χ0) is 18.1. The average molecular weight is 362 g/mol. The number of aromatic nitrogens is 3. The first-order valence-corrected chi connectivity index (χ1v) is 9.20. The summed E-state index contributed by atoms with van der Waals surface area (Å²) in [4.78, 5) is 0. The van der Waals surface area contributed by atoms with Crippen molar-refractivity contribution in [2.75, 3.05) is 13.2 Å². The largest absolute Gasteiger partial charge is 0.490 e. The number of benzene rings is 1. The molecule has 0 saturated heterocycles. The summed E-state index contributed by atoms with van der Waals surface area (Å²) < 4.78 is 13.7. The van der Waals surface area contributed by atoms with E-state index in [-0.39, 0.29) is 0 Å². The molecule has 0 radical (unpaired) electrons. The number of aryl methyl sites for hydroxylation is 1. The van der Waals surface area contributed by atoms with Crippen LogP contribution in [-0.4, -0.2) is 34.3 Å². The Kier molecular flexibility index (Phi) is 7.66. The van der Waals surface area contributed by atoms with Crippen molar-refractivity contribution in [2.24, 2.45) is 5.10 Å². The number of aromatic amines is 1. The van der Waals surface area contributed by atoms with E-state index >= 15 is 0 Å². The van der Waals surface area contributed by atoms with Gasteiger partial charge < -0.3 is 9.47 Å². The van der Waals surface area contributed by atoms with Gasteiger partial charge in [0.1, 0.15) is 0 Å². The van der Waals surface area contributed by atoms with Gasteiger partial charge in [-0.15, -0.1) is 0 Å². The van der Waals surface area contributed by atoms with Crippen LogP contribution in [0.25, 0.3) is 0 Å². The zero-order valence-corrected chi connectivity index (χ0v) is 15.9. The van der Waals surface area contributed by atoms with Crippen molar-refractivity contribution in [3.8, 4) is 11.5 Å². The normalized spacial score (nSPS) is 11.2. The fourth-order valence-corrected chi connectivity index (χ4v) is 2.52. The fourth-order valence-electron chi connectivity index (χ4n) is 2.32. The minimum atomic E-state index is 0.481. The number of rotatable bonds is 10. The van der Waals surface area contributed by atoms with Crippen molar-refractivity contribution in [3.63, 3.8) is 0 Å². The van der Waals surface area contributed by atoms with Crippen LogP contribution in [0.5, 0.6) is 11.5 Å². The second kappa shape index (κ2) is 9.98. The Balaban J connectivity index is 2.15. The first-order chi connectivity index (χ1) is 12.2. The molecule has 0 aliphatic rings. The lowest BCUT2D eigenvalue weighted by Crippen LogP contribution is -2.02. The molecular weight excluding hydrogens is 336 g/mol. The summed E-state index contributed by atoms with van der Waals surface area (Å²) in [5, 5.41) is 11.3. The van der Waals surface area contributed by atoms with Gasteiger partial charge in [-0.05, 0) is 49.3 Å². The van der Waals surface area contributed by atoms with Crippen molar-refractivity contribution in [1.82, 2.24) is 14.9 Å². The molecule has 6 nitrogen and oxygen atoms in total. The van der Waals surface area contributed by atoms with E-state index in [1.54, 1.807) is 10.9 Å². The molecule has 0 fully saturated rings. The molecule has 7 heteroatoms. The van der Waals surface area contributed by atoms with Gasteiger partial charge in [-0.3, -0.25) is 5.10 Å². The summed E-state index contributed by atoms with van der Waals surface area (Å²) in [6.45, 7) is 7.43. The minimum Gasteiger partial charge on any atom is -0.490 e. The van der Waals surface area contributed by atoms with Gasteiger partial charge >= 0.3 is 0 Å². The molecular formula is C18H26N4O2S. The molecule has 0 unspecified atom stereocenters. The second-order valence-electron chi connectivity index (χ2n) is 5.55. The van der Waals surface area contributed by atoms with Gasteiger partial charge in [0.2, 0.25) is 4.77 Å². The molecule has 0 aliphatic carbocycles. The first kappa shape index (κ1) is 19.2. The van der Waals surface area contributed by atoms with E-state index in [1.807, 2.05) is 32.0 Å². The van der Waals surface area contributed by atoms with Crippen molar-refractivity contribution in [2.45, 2.75) is 46.5 Å². The molecule has 25 heavy (non-hydrogen) atoms. The monoisotopic (exact) mass is 362 g/mol. The standard InChI is InChI=1S/C18H26N4O2S/c1-4-7-8-11-24-15-10-9-14(12-16(15)23-6-3)13-19-22-17(5-2)20-21-18(22)25/h9-10,12-13H,4-8,11H2,1-3H3,(H,21,25)/b19-13+. The SMILES string of the molecule is CCCCCOc1ccc(/C=N/n2c(CC)n[nH]c2=S)cc1OCC. The summed E-state index contributed by atoms with van der Waals surface area (Å²) in [6.07, 6.45) is 5.88. The van der Waals surface area contributed by atoms with Gasteiger partial charge in [0.15, 0.2) is 17.3 Å². The van der Waals surface area contributed by atoms with Gasteiger partial charge in [0, 0.05) is 6.42 Å². The van der Waals surface area contributed by atoms with Crippen LogP contribution in [0.1, 0.15) is 51.4 Å². The van der Waals surface area contributed by atoms with Crippen LogP contribution in [0.4, 0.5) is 0 Å². The molecule has 1 N–H and O–H groups in total. The van der Waals surface area contributed by atoms with Crippen molar-refractivity contribution < 1.29 is 9.47 Å². The van der Waals surface area contributed by atoms with Crippen LogP contribution in [0.3, 0.4) is 0 Å². The Bertz CT molecular complexity index is 752. The third kappa shape index (κ3) is 5.42. The topological polar surface area (TPSA) is 64.4 Å². The Morgan fingerprint density at radius 3 is 2.76 bits per heavy atom. The van der Waals surface area contributed by atoms with Crippen LogP contribution >= 0.6 is 12.2 Å². The molecule has 1 aromatic heterocycles. The molecule has 136 valence electrons. The van der Waals surface area contributed by atoms with Crippen LogP contribution in [0, 0.1) is 4.77 Å². The summed E-state index contributed by atoms with van der Waals surface area (Å²) in [6, 6.07) is 5.81. The smallest absolute Gasteiger partial charge is 0.216 e. The van der Waals surface area contributed by atoms with Gasteiger partial charge in [-0.1, -0.05) is 26.7 Å². The highest BCUT2D eigenvalue weighted by atomic mass is 32.1. The van der Waals surface area contributed by atoms with Gasteiger partial charge in [-0.2, -0.15) is 14.9 Å². The molecule has 0 aliphatic heterocycles. The highest BCUT2D eigenvalue weighted by Gasteiger charge is 2.07. The molecule has 0 atom stereocenters. The molecule has 0 bridgehead atoms. The number of nitrogens with one attached hydrogen (secondary N) is 1. The van der Waals surface area contributed by atoms with Gasteiger partial charge in [0.05, 0.1) is 19.4 Å². The average Bonchev–Trinajstić information content (AvgIpc) is 2.98. The van der Waals surface area contributed by atoms with Crippen molar-refractivity contribution in [3.05, 3.63) is 34.4 Å². The molecule has 0 saturated carbocycles. The Morgan fingerprint density at radius 2 is 2.04 bits per heavy atom. The van der Waals surface area contributed by atoms with E-state index < -0.39 is 0 Å². The third-order valence-corrected chi connectivity index (χ3v) is 3.89. The lowest BCUT2D eigenvalue weighted by Gasteiger charge is -2.12. The van der Waals surface area contributed by atoms with Gasteiger partial charge in [0.25, 0.3) is 0 Å². The van der Waals surface area contributed by atoms with E-state index in [0.29, 0.717) is 18.0 Å². The summed E-state index contributed by atoms with van der Waals surface area (Å²) in [5.74, 6) is 2.29. The Morgan fingerprint density at radius 1 is 1.20 bits per heavy atom. The second-order valence-corrected chi connectivity index (χ2v) is 5.94. The Hall–Kier alpha value is -2.15. The van der Waals surface area contributed by atoms with Crippen LogP contribution in [0.15, 0.2) is 23.3 Å². The van der Waals surface area contributed by atoms with Crippen molar-refractivity contribution in [1.29, 1.82) is 0 Å². The molecule has 1 aromatic carbocycles. The Labute approximate surface area is 153 Å². The van der Waals surface area contributed by atoms with E-state index in [9.17, 15) is 0 Å². The third-order valence-electron chi connectivity index (χ3n) is 3.63. The molecule has 0 spiro atoms. The molecule has 0 amide bonds. The number of hydrogen-bond donors (Lipinski definition) is 1. The van der Waals surface area contributed by atoms with E-state index in [2.05, 4.69) is 22.2 Å². The zero-order valence-electron chi connectivity index (χ0n) is 15.1. The van der Waals surface area contributed by atoms with Crippen LogP contribution in [-0.2, 0) is 6.42 Å². The van der Waals surface area contributed by atoms with Crippen molar-refractivity contribution >= 4 is 18.4 Å². The van der Waals surface area contributed by atoms with E-state index in [0.717, 1.165) is 35.7 Å². The number of H-pyrrole nitrogens is 1. The quantitative estimate of drug-likeness (QED) is 0.388. The first-order valence-electron chi connectivity index (χ1n) is 8.79. The fraction of sp³-hybridized carbons (Fsp3) is 0.500. The summed E-state index contributed by atoms with van der Waals surface area (Å²) >= 11 is 5.20. The lowest BCUT2D eigenvalue weighted by atomic mass is 10.2. The molecule has 2 aromatic rings. The number of ether oxygens (including phenoxy) is 2. The maximum Gasteiger partial charge on any atom is 0.216 e. The van der Waals surface area contributed by atoms with Crippen LogP contribution in [0.2, 0.25) is 0 Å². The minimum absolute atomic E-state index is 0.481. The van der Waals surface area contributed by atoms with E-state index in [1.165, 1.54) is 12.8 Å². The maximum absolute atomic E-state index is 5.85. The van der Waals surface area contributed by atoms with Gasteiger partial charge in [-0.25, -0.2) is 0 Å². The highest BCUT2D eigenvalue weighted by Crippen LogP contribution is 2.28. The van der Waals surface area contributed by atoms with E-state index in [4.69, 9.17) is 21.7 Å².